The molecule has 4 N–H and O–H groups in total. The van der Waals surface area contributed by atoms with Crippen molar-refractivity contribution in [3.8, 4) is 0 Å². The number of aryl methyl sites for hydroxylation is 2. The summed E-state index contributed by atoms with van der Waals surface area (Å²) in [5, 5.41) is 6.57. The quantitative estimate of drug-likeness (QED) is 0.282. The van der Waals surface area contributed by atoms with E-state index in [0.717, 1.165) is 24.1 Å². The monoisotopic (exact) mass is 384 g/mol. The molecule has 0 fully saturated rings. The van der Waals surface area contributed by atoms with Crippen LogP contribution in [-0.4, -0.2) is 30.8 Å². The van der Waals surface area contributed by atoms with E-state index in [0.29, 0.717) is 24.9 Å². The number of rotatable bonds is 8. The van der Waals surface area contributed by atoms with Crippen molar-refractivity contribution in [1.29, 1.82) is 0 Å². The van der Waals surface area contributed by atoms with E-state index in [1.54, 1.807) is 0 Å². The Morgan fingerprint density at radius 1 is 1.11 bits per heavy atom. The highest BCUT2D eigenvalue weighted by molar-refractivity contribution is 7.80. The van der Waals surface area contributed by atoms with Crippen LogP contribution in [-0.2, 0) is 17.6 Å². The molecule has 6 heteroatoms. The van der Waals surface area contributed by atoms with Gasteiger partial charge in [0.15, 0.2) is 11.1 Å². The summed E-state index contributed by atoms with van der Waals surface area (Å²) in [5.41, 5.74) is 10.5. The molecule has 0 bridgehead atoms. The SMILES string of the molecule is CCc1cccc(C)c1NC(=S)NC(N)=NCCOCCc1ccccc1. The van der Waals surface area contributed by atoms with E-state index in [1.165, 1.54) is 11.1 Å². The Balaban J connectivity index is 1.70. The van der Waals surface area contributed by atoms with E-state index in [4.69, 9.17) is 22.7 Å². The highest BCUT2D eigenvalue weighted by atomic mass is 32.1. The molecule has 0 aliphatic rings. The van der Waals surface area contributed by atoms with Crippen molar-refractivity contribution < 1.29 is 4.74 Å². The number of ether oxygens (including phenoxy) is 1. The van der Waals surface area contributed by atoms with Gasteiger partial charge < -0.3 is 21.1 Å². The van der Waals surface area contributed by atoms with E-state index in [1.807, 2.05) is 37.3 Å². The minimum Gasteiger partial charge on any atom is -0.379 e. The van der Waals surface area contributed by atoms with E-state index in [2.05, 4.69) is 40.7 Å². The lowest BCUT2D eigenvalue weighted by molar-refractivity contribution is 0.145. The number of para-hydroxylation sites is 1. The molecule has 0 atom stereocenters. The zero-order valence-corrected chi connectivity index (χ0v) is 16.8. The first-order chi connectivity index (χ1) is 13.1. The van der Waals surface area contributed by atoms with Gasteiger partial charge in [0, 0.05) is 5.69 Å². The van der Waals surface area contributed by atoms with Crippen molar-refractivity contribution in [2.24, 2.45) is 10.7 Å². The number of anilines is 1. The second-order valence-electron chi connectivity index (χ2n) is 6.16. The van der Waals surface area contributed by atoms with Gasteiger partial charge in [-0.25, -0.2) is 0 Å². The molecular formula is C21H28N4OS. The summed E-state index contributed by atoms with van der Waals surface area (Å²) in [6, 6.07) is 16.4. The maximum Gasteiger partial charge on any atom is 0.194 e. The molecule has 2 rings (SSSR count). The number of nitrogens with two attached hydrogens (primary N) is 1. The standard InChI is InChI=1S/C21H28N4OS/c1-3-18-11-7-8-16(2)19(18)24-21(27)25-20(22)23-13-15-26-14-12-17-9-5-4-6-10-17/h4-11H,3,12-15H2,1-2H3,(H4,22,23,24,25,27). The Bertz CT molecular complexity index is 762. The van der Waals surface area contributed by atoms with Gasteiger partial charge in [-0.3, -0.25) is 4.99 Å². The second kappa shape index (κ2) is 11.3. The molecule has 5 nitrogen and oxygen atoms in total. The Kier molecular flexibility index (Phi) is 8.74. The molecule has 2 aromatic rings. The number of aliphatic imine (C=N–C) groups is 1. The van der Waals surface area contributed by atoms with Gasteiger partial charge in [0.2, 0.25) is 0 Å². The maximum absolute atomic E-state index is 5.90. The summed E-state index contributed by atoms with van der Waals surface area (Å²) < 4.78 is 5.60. The van der Waals surface area contributed by atoms with Crippen molar-refractivity contribution in [3.63, 3.8) is 0 Å². The lowest BCUT2D eigenvalue weighted by atomic mass is 10.1. The van der Waals surface area contributed by atoms with Crippen molar-refractivity contribution in [2.45, 2.75) is 26.7 Å². The lowest BCUT2D eigenvalue weighted by Gasteiger charge is -2.15. The van der Waals surface area contributed by atoms with Crippen LogP contribution in [0.25, 0.3) is 0 Å². The Labute approximate surface area is 167 Å². The highest BCUT2D eigenvalue weighted by Gasteiger charge is 2.06. The molecule has 0 aromatic heterocycles. The third-order valence-corrected chi connectivity index (χ3v) is 4.32. The van der Waals surface area contributed by atoms with E-state index in [9.17, 15) is 0 Å². The molecule has 2 aromatic carbocycles. The van der Waals surface area contributed by atoms with Crippen LogP contribution in [0.15, 0.2) is 53.5 Å². The maximum atomic E-state index is 5.90. The summed E-state index contributed by atoms with van der Waals surface area (Å²) in [6.07, 6.45) is 1.82. The first kappa shape index (κ1) is 20.9. The Hall–Kier alpha value is -2.44. The predicted octanol–water partition coefficient (Wildman–Crippen LogP) is 3.42. The molecule has 0 unspecified atom stereocenters. The van der Waals surface area contributed by atoms with Gasteiger partial charge in [-0.15, -0.1) is 0 Å². The van der Waals surface area contributed by atoms with Gasteiger partial charge in [-0.2, -0.15) is 0 Å². The molecule has 27 heavy (non-hydrogen) atoms. The molecule has 144 valence electrons. The summed E-state index contributed by atoms with van der Waals surface area (Å²) >= 11 is 5.34. The van der Waals surface area contributed by atoms with Crippen LogP contribution in [0.1, 0.15) is 23.6 Å². The molecule has 0 radical (unpaired) electrons. The first-order valence-corrected chi connectivity index (χ1v) is 9.59. The summed E-state index contributed by atoms with van der Waals surface area (Å²) in [6.45, 7) is 5.84. The average Bonchev–Trinajstić information content (AvgIpc) is 2.67. The zero-order chi connectivity index (χ0) is 19.5. The van der Waals surface area contributed by atoms with E-state index < -0.39 is 0 Å². The van der Waals surface area contributed by atoms with Crippen LogP contribution in [0.4, 0.5) is 5.69 Å². The molecule has 0 spiro atoms. The predicted molar refractivity (Wildman–Crippen MR) is 117 cm³/mol. The van der Waals surface area contributed by atoms with Gasteiger partial charge in [-0.05, 0) is 48.7 Å². The summed E-state index contributed by atoms with van der Waals surface area (Å²) in [4.78, 5) is 4.25. The lowest BCUT2D eigenvalue weighted by Crippen LogP contribution is -2.40. The number of nitrogens with zero attached hydrogens (tertiary/aromatic N) is 1. The van der Waals surface area contributed by atoms with Crippen LogP contribution in [0.5, 0.6) is 0 Å². The van der Waals surface area contributed by atoms with Crippen molar-refractivity contribution in [1.82, 2.24) is 5.32 Å². The third kappa shape index (κ3) is 7.37. The fraction of sp³-hybridized carbons (Fsp3) is 0.333. The molecule has 0 aliphatic carbocycles. The van der Waals surface area contributed by atoms with Crippen LogP contribution in [0.2, 0.25) is 0 Å². The third-order valence-electron chi connectivity index (χ3n) is 4.12. The van der Waals surface area contributed by atoms with Crippen molar-refractivity contribution in [2.75, 3.05) is 25.1 Å². The van der Waals surface area contributed by atoms with Crippen LogP contribution < -0.4 is 16.4 Å². The van der Waals surface area contributed by atoms with E-state index in [-0.39, 0.29) is 5.96 Å². The Morgan fingerprint density at radius 3 is 2.63 bits per heavy atom. The molecular weight excluding hydrogens is 356 g/mol. The molecule has 0 saturated carbocycles. The fourth-order valence-corrected chi connectivity index (χ4v) is 2.88. The average molecular weight is 385 g/mol. The number of nitrogens with one attached hydrogen (secondary N) is 2. The van der Waals surface area contributed by atoms with Crippen LogP contribution in [0.3, 0.4) is 0 Å². The minimum atomic E-state index is 0.283. The topological polar surface area (TPSA) is 71.7 Å². The molecule has 0 amide bonds. The number of hydrogen-bond acceptors (Lipinski definition) is 3. The zero-order valence-electron chi connectivity index (χ0n) is 16.0. The van der Waals surface area contributed by atoms with Gasteiger partial charge in [0.25, 0.3) is 0 Å². The molecule has 0 saturated heterocycles. The normalized spacial score (nSPS) is 11.3. The summed E-state index contributed by atoms with van der Waals surface area (Å²) in [5.74, 6) is 0.283. The fourth-order valence-electron chi connectivity index (χ4n) is 2.67. The van der Waals surface area contributed by atoms with Crippen LogP contribution >= 0.6 is 12.2 Å². The van der Waals surface area contributed by atoms with Crippen molar-refractivity contribution >= 4 is 29.0 Å². The highest BCUT2D eigenvalue weighted by Crippen LogP contribution is 2.20. The summed E-state index contributed by atoms with van der Waals surface area (Å²) in [7, 11) is 0. The second-order valence-corrected chi connectivity index (χ2v) is 6.56. The van der Waals surface area contributed by atoms with Gasteiger partial charge in [0.1, 0.15) is 0 Å². The van der Waals surface area contributed by atoms with E-state index >= 15 is 0 Å². The molecule has 0 heterocycles. The number of guanidine groups is 1. The smallest absolute Gasteiger partial charge is 0.194 e. The number of benzene rings is 2. The van der Waals surface area contributed by atoms with Gasteiger partial charge in [-0.1, -0.05) is 55.5 Å². The number of hydrogen-bond donors (Lipinski definition) is 3. The van der Waals surface area contributed by atoms with Crippen LogP contribution in [0, 0.1) is 6.92 Å². The molecule has 0 aliphatic heterocycles. The first-order valence-electron chi connectivity index (χ1n) is 9.18. The number of thiocarbonyl (C=S) groups is 1. The minimum absolute atomic E-state index is 0.283. The van der Waals surface area contributed by atoms with Gasteiger partial charge >= 0.3 is 0 Å². The Morgan fingerprint density at radius 2 is 1.89 bits per heavy atom. The van der Waals surface area contributed by atoms with Gasteiger partial charge in [0.05, 0.1) is 19.8 Å². The van der Waals surface area contributed by atoms with Crippen molar-refractivity contribution in [3.05, 3.63) is 65.2 Å². The largest absolute Gasteiger partial charge is 0.379 e.